The Labute approximate surface area is 85.2 Å². The van der Waals surface area contributed by atoms with E-state index in [1.807, 2.05) is 0 Å². The smallest absolute Gasteiger partial charge is 0.154 e. The maximum atomic E-state index is 11.5. The van der Waals surface area contributed by atoms with E-state index in [1.165, 1.54) is 0 Å². The molecule has 0 spiro atoms. The third-order valence-corrected chi connectivity index (χ3v) is 3.36. The third-order valence-electron chi connectivity index (χ3n) is 2.81. The Hall–Kier alpha value is -0.300. The van der Waals surface area contributed by atoms with Crippen LogP contribution in [0.1, 0.15) is 39.5 Å². The zero-order valence-electron chi connectivity index (χ0n) is 8.40. The van der Waals surface area contributed by atoms with Crippen LogP contribution < -0.4 is 0 Å². The van der Waals surface area contributed by atoms with Crippen LogP contribution >= 0.6 is 11.6 Å². The summed E-state index contributed by atoms with van der Waals surface area (Å²) in [6, 6.07) is 0. The van der Waals surface area contributed by atoms with Crippen molar-refractivity contribution in [2.24, 2.45) is 5.41 Å². The molecule has 1 rings (SSSR count). The van der Waals surface area contributed by atoms with E-state index in [2.05, 4.69) is 20.4 Å². The highest BCUT2D eigenvalue weighted by Gasteiger charge is 2.27. The van der Waals surface area contributed by atoms with Crippen LogP contribution in [-0.2, 0) is 4.79 Å². The molecular formula is C11H17ClO. The lowest BCUT2D eigenvalue weighted by Gasteiger charge is -2.28. The number of hydrogen-bond donors (Lipinski definition) is 0. The summed E-state index contributed by atoms with van der Waals surface area (Å²) in [6.45, 7) is 8.25. The normalized spacial score (nSPS) is 29.6. The van der Waals surface area contributed by atoms with Gasteiger partial charge in [-0.3, -0.25) is 4.79 Å². The molecule has 0 N–H and O–H groups in total. The van der Waals surface area contributed by atoms with Gasteiger partial charge in [-0.05, 0) is 24.7 Å². The van der Waals surface area contributed by atoms with Gasteiger partial charge in [0.1, 0.15) is 5.38 Å². The van der Waals surface area contributed by atoms with Crippen LogP contribution in [0.3, 0.4) is 0 Å². The summed E-state index contributed by atoms with van der Waals surface area (Å²) in [7, 11) is 0. The second kappa shape index (κ2) is 3.83. The van der Waals surface area contributed by atoms with E-state index in [0.717, 1.165) is 24.8 Å². The fraction of sp³-hybridized carbons (Fsp3) is 0.727. The molecule has 1 nitrogen and oxygen atoms in total. The number of halogens is 1. The topological polar surface area (TPSA) is 17.1 Å². The van der Waals surface area contributed by atoms with Crippen molar-refractivity contribution in [3.8, 4) is 0 Å². The van der Waals surface area contributed by atoms with Gasteiger partial charge in [-0.15, -0.1) is 11.6 Å². The molecule has 0 aromatic rings. The van der Waals surface area contributed by atoms with Gasteiger partial charge in [-0.25, -0.2) is 0 Å². The minimum Gasteiger partial charge on any atom is -0.298 e. The van der Waals surface area contributed by atoms with Crippen molar-refractivity contribution in [3.63, 3.8) is 0 Å². The number of alkyl halides is 1. The van der Waals surface area contributed by atoms with E-state index in [-0.39, 0.29) is 11.2 Å². The van der Waals surface area contributed by atoms with Crippen LogP contribution in [0, 0.1) is 5.41 Å². The van der Waals surface area contributed by atoms with Crippen molar-refractivity contribution >= 4 is 17.4 Å². The van der Waals surface area contributed by atoms with Crippen molar-refractivity contribution in [2.45, 2.75) is 44.9 Å². The third kappa shape index (κ3) is 2.84. The summed E-state index contributed by atoms with van der Waals surface area (Å²) in [6.07, 6.45) is 3.51. The van der Waals surface area contributed by atoms with Gasteiger partial charge in [0.05, 0.1) is 0 Å². The molecule has 0 aromatic heterocycles. The number of allylic oxidation sites excluding steroid dienone is 1. The van der Waals surface area contributed by atoms with E-state index in [0.29, 0.717) is 6.42 Å². The molecule has 0 aromatic carbocycles. The molecule has 1 fully saturated rings. The maximum absolute atomic E-state index is 11.5. The largest absolute Gasteiger partial charge is 0.298 e. The van der Waals surface area contributed by atoms with Crippen molar-refractivity contribution < 1.29 is 4.79 Å². The summed E-state index contributed by atoms with van der Waals surface area (Å²) >= 11 is 5.94. The average molecular weight is 201 g/mol. The predicted octanol–water partition coefficient (Wildman–Crippen LogP) is 3.32. The molecule has 1 aliphatic carbocycles. The lowest BCUT2D eigenvalue weighted by atomic mass is 9.78. The van der Waals surface area contributed by atoms with Crippen molar-refractivity contribution in [3.05, 3.63) is 12.2 Å². The molecule has 0 amide bonds. The van der Waals surface area contributed by atoms with Gasteiger partial charge in [-0.2, -0.15) is 0 Å². The maximum Gasteiger partial charge on any atom is 0.154 e. The Kier molecular flexibility index (Phi) is 3.18. The SMILES string of the molecule is C=C1CCC(C)(C)CCC(=O)C1Cl. The van der Waals surface area contributed by atoms with Gasteiger partial charge in [0, 0.05) is 6.42 Å². The molecule has 0 saturated heterocycles. The van der Waals surface area contributed by atoms with E-state index >= 15 is 0 Å². The molecule has 1 atom stereocenters. The lowest BCUT2D eigenvalue weighted by molar-refractivity contribution is -0.119. The molecule has 74 valence electrons. The molecule has 13 heavy (non-hydrogen) atoms. The van der Waals surface area contributed by atoms with Gasteiger partial charge < -0.3 is 0 Å². The van der Waals surface area contributed by atoms with Crippen molar-refractivity contribution in [1.82, 2.24) is 0 Å². The molecule has 2 heteroatoms. The Morgan fingerprint density at radius 3 is 2.54 bits per heavy atom. The first kappa shape index (κ1) is 10.8. The highest BCUT2D eigenvalue weighted by molar-refractivity contribution is 6.33. The number of carbonyl (C=O) groups is 1. The summed E-state index contributed by atoms with van der Waals surface area (Å²) in [5, 5.41) is -0.434. The number of carbonyl (C=O) groups excluding carboxylic acids is 1. The molecule has 0 radical (unpaired) electrons. The minimum absolute atomic E-state index is 0.138. The number of Topliss-reactive ketones (excluding diaryl/α,β-unsaturated/α-hetero) is 1. The Balaban J connectivity index is 2.70. The fourth-order valence-electron chi connectivity index (χ4n) is 1.57. The highest BCUT2D eigenvalue weighted by Crippen LogP contribution is 2.34. The lowest BCUT2D eigenvalue weighted by Crippen LogP contribution is -2.24. The van der Waals surface area contributed by atoms with E-state index < -0.39 is 5.38 Å². The zero-order chi connectivity index (χ0) is 10.1. The first-order valence-corrected chi connectivity index (χ1v) is 5.20. The fourth-order valence-corrected chi connectivity index (χ4v) is 1.78. The molecule has 1 aliphatic rings. The van der Waals surface area contributed by atoms with Crippen LogP contribution in [0.5, 0.6) is 0 Å². The molecule has 0 bridgehead atoms. The van der Waals surface area contributed by atoms with Crippen LogP contribution in [-0.4, -0.2) is 11.2 Å². The first-order valence-electron chi connectivity index (χ1n) is 4.77. The summed E-state index contributed by atoms with van der Waals surface area (Å²) in [4.78, 5) is 11.5. The second-order valence-corrected chi connectivity index (χ2v) is 5.09. The molecule has 0 aliphatic heterocycles. The molecule has 1 unspecified atom stereocenters. The molecule has 0 heterocycles. The van der Waals surface area contributed by atoms with Gasteiger partial charge in [-0.1, -0.05) is 26.0 Å². The summed E-state index contributed by atoms with van der Waals surface area (Å²) in [5.74, 6) is 0.138. The Morgan fingerprint density at radius 1 is 1.38 bits per heavy atom. The first-order chi connectivity index (χ1) is 5.92. The van der Waals surface area contributed by atoms with Crippen LogP contribution in [0.4, 0.5) is 0 Å². The van der Waals surface area contributed by atoms with Crippen LogP contribution in [0.25, 0.3) is 0 Å². The summed E-state index contributed by atoms with van der Waals surface area (Å²) < 4.78 is 0. The molecular weight excluding hydrogens is 184 g/mol. The second-order valence-electron chi connectivity index (χ2n) is 4.65. The van der Waals surface area contributed by atoms with Gasteiger partial charge in [0.2, 0.25) is 0 Å². The average Bonchev–Trinajstić information content (AvgIpc) is 2.08. The van der Waals surface area contributed by atoms with Crippen molar-refractivity contribution in [1.29, 1.82) is 0 Å². The van der Waals surface area contributed by atoms with Crippen molar-refractivity contribution in [2.75, 3.05) is 0 Å². The Bertz CT molecular complexity index is 208. The van der Waals surface area contributed by atoms with E-state index in [1.54, 1.807) is 0 Å². The van der Waals surface area contributed by atoms with E-state index in [4.69, 9.17) is 11.6 Å². The summed E-state index contributed by atoms with van der Waals surface area (Å²) in [5.41, 5.74) is 1.15. The van der Waals surface area contributed by atoms with Crippen LogP contribution in [0.2, 0.25) is 0 Å². The monoisotopic (exact) mass is 200 g/mol. The zero-order valence-corrected chi connectivity index (χ0v) is 9.16. The number of ketones is 1. The van der Waals surface area contributed by atoms with E-state index in [9.17, 15) is 4.79 Å². The van der Waals surface area contributed by atoms with Gasteiger partial charge in [0.15, 0.2) is 5.78 Å². The van der Waals surface area contributed by atoms with Gasteiger partial charge in [0.25, 0.3) is 0 Å². The Morgan fingerprint density at radius 2 is 1.92 bits per heavy atom. The van der Waals surface area contributed by atoms with Gasteiger partial charge >= 0.3 is 0 Å². The highest BCUT2D eigenvalue weighted by atomic mass is 35.5. The number of rotatable bonds is 0. The predicted molar refractivity (Wildman–Crippen MR) is 56.0 cm³/mol. The molecule has 1 saturated carbocycles. The van der Waals surface area contributed by atoms with Crippen LogP contribution in [0.15, 0.2) is 12.2 Å². The minimum atomic E-state index is -0.434. The quantitative estimate of drug-likeness (QED) is 0.433. The number of hydrogen-bond acceptors (Lipinski definition) is 1. The standard InChI is InChI=1S/C11H17ClO/c1-8-4-6-11(2,3)7-5-9(13)10(8)12/h10H,1,4-7H2,2-3H3.